The van der Waals surface area contributed by atoms with Gasteiger partial charge in [-0.15, -0.1) is 0 Å². The van der Waals surface area contributed by atoms with Crippen molar-refractivity contribution in [3.05, 3.63) is 0 Å². The van der Waals surface area contributed by atoms with Crippen LogP contribution in [0.25, 0.3) is 0 Å². The van der Waals surface area contributed by atoms with Crippen molar-refractivity contribution in [2.75, 3.05) is 13.1 Å². The maximum Gasteiger partial charge on any atom is 0.250 e. The van der Waals surface area contributed by atoms with Gasteiger partial charge in [0.25, 0.3) is 6.43 Å². The van der Waals surface area contributed by atoms with Gasteiger partial charge in [0, 0.05) is 12.1 Å². The van der Waals surface area contributed by atoms with Gasteiger partial charge in [-0.2, -0.15) is 0 Å². The van der Waals surface area contributed by atoms with Gasteiger partial charge in [0.1, 0.15) is 0 Å². The fraction of sp³-hybridized carbons (Fsp3) is 1.00. The van der Waals surface area contributed by atoms with E-state index >= 15 is 0 Å². The van der Waals surface area contributed by atoms with Crippen molar-refractivity contribution >= 4 is 0 Å². The molecule has 0 radical (unpaired) electrons. The quantitative estimate of drug-likeness (QED) is 0.647. The Hall–Kier alpha value is -0.220. The van der Waals surface area contributed by atoms with Gasteiger partial charge in [-0.25, -0.2) is 8.78 Å². The second-order valence-corrected chi connectivity index (χ2v) is 2.96. The van der Waals surface area contributed by atoms with E-state index in [1.165, 1.54) is 0 Å². The molecule has 0 saturated carbocycles. The Labute approximate surface area is 72.5 Å². The van der Waals surface area contributed by atoms with E-state index in [0.29, 0.717) is 6.54 Å². The lowest BCUT2D eigenvalue weighted by atomic mass is 9.93. The monoisotopic (exact) mass is 180 g/mol. The van der Waals surface area contributed by atoms with Crippen LogP contribution in [0.3, 0.4) is 0 Å². The summed E-state index contributed by atoms with van der Waals surface area (Å²) in [6.07, 6.45) is -0.728. The van der Waals surface area contributed by atoms with E-state index in [-0.39, 0.29) is 12.1 Å². The molecular weight excluding hydrogens is 162 g/mol. The first-order chi connectivity index (χ1) is 5.60. The van der Waals surface area contributed by atoms with Crippen molar-refractivity contribution in [2.45, 2.75) is 38.7 Å². The smallest absolute Gasteiger partial charge is 0.250 e. The van der Waals surface area contributed by atoms with Crippen LogP contribution >= 0.6 is 0 Å². The van der Waals surface area contributed by atoms with Gasteiger partial charge in [-0.05, 0) is 12.8 Å². The first-order valence-corrected chi connectivity index (χ1v) is 4.33. The van der Waals surface area contributed by atoms with E-state index < -0.39 is 6.43 Å². The summed E-state index contributed by atoms with van der Waals surface area (Å²) in [6.45, 7) is 4.05. The lowest BCUT2D eigenvalue weighted by Crippen LogP contribution is -2.51. The largest absolute Gasteiger partial charge is 0.329 e. The summed E-state index contributed by atoms with van der Waals surface area (Å²) >= 11 is 0. The lowest BCUT2D eigenvalue weighted by molar-refractivity contribution is 0.127. The van der Waals surface area contributed by atoms with Crippen molar-refractivity contribution in [2.24, 2.45) is 5.73 Å². The summed E-state index contributed by atoms with van der Waals surface area (Å²) in [5, 5.41) is 2.81. The topological polar surface area (TPSA) is 38.0 Å². The molecule has 74 valence electrons. The van der Waals surface area contributed by atoms with Crippen molar-refractivity contribution in [3.63, 3.8) is 0 Å². The second kappa shape index (κ2) is 5.43. The van der Waals surface area contributed by atoms with Crippen molar-refractivity contribution in [3.8, 4) is 0 Å². The molecule has 0 rings (SSSR count). The zero-order chi connectivity index (χ0) is 9.61. The van der Waals surface area contributed by atoms with Crippen LogP contribution in [0.15, 0.2) is 0 Å². The highest BCUT2D eigenvalue weighted by Crippen LogP contribution is 2.13. The first-order valence-electron chi connectivity index (χ1n) is 4.33. The fourth-order valence-electron chi connectivity index (χ4n) is 1.15. The fourth-order valence-corrected chi connectivity index (χ4v) is 1.15. The van der Waals surface area contributed by atoms with Crippen LogP contribution < -0.4 is 11.1 Å². The maximum absolute atomic E-state index is 11.9. The SMILES string of the molecule is CCC(CC)(CN)NCC(F)F. The summed E-state index contributed by atoms with van der Waals surface area (Å²) in [4.78, 5) is 0. The minimum absolute atomic E-state index is 0.265. The predicted octanol–water partition coefficient (Wildman–Crippen LogP) is 1.36. The van der Waals surface area contributed by atoms with Crippen LogP contribution in [-0.4, -0.2) is 25.1 Å². The molecule has 0 spiro atoms. The van der Waals surface area contributed by atoms with E-state index in [9.17, 15) is 8.78 Å². The van der Waals surface area contributed by atoms with Crippen LogP contribution in [0, 0.1) is 0 Å². The Bertz CT molecular complexity index is 105. The molecule has 0 aliphatic heterocycles. The van der Waals surface area contributed by atoms with Crippen LogP contribution in [0.4, 0.5) is 8.78 Å². The van der Waals surface area contributed by atoms with Crippen LogP contribution in [0.1, 0.15) is 26.7 Å². The van der Waals surface area contributed by atoms with Crippen molar-refractivity contribution < 1.29 is 8.78 Å². The summed E-state index contributed by atoms with van der Waals surface area (Å²) in [5.74, 6) is 0. The van der Waals surface area contributed by atoms with Crippen molar-refractivity contribution in [1.82, 2.24) is 5.32 Å². The number of alkyl halides is 2. The highest BCUT2D eigenvalue weighted by molar-refractivity contribution is 4.86. The molecule has 0 aromatic rings. The average molecular weight is 180 g/mol. The molecular formula is C8H18F2N2. The number of hydrogen-bond acceptors (Lipinski definition) is 2. The molecule has 12 heavy (non-hydrogen) atoms. The molecule has 4 heteroatoms. The van der Waals surface area contributed by atoms with E-state index in [4.69, 9.17) is 5.73 Å². The second-order valence-electron chi connectivity index (χ2n) is 2.96. The lowest BCUT2D eigenvalue weighted by Gasteiger charge is -2.31. The van der Waals surface area contributed by atoms with E-state index in [0.717, 1.165) is 12.8 Å². The number of nitrogens with two attached hydrogens (primary N) is 1. The molecule has 0 fully saturated rings. The van der Waals surface area contributed by atoms with Crippen LogP contribution in [-0.2, 0) is 0 Å². The minimum Gasteiger partial charge on any atom is -0.329 e. The van der Waals surface area contributed by atoms with Crippen LogP contribution in [0.2, 0.25) is 0 Å². The van der Waals surface area contributed by atoms with Gasteiger partial charge in [0.05, 0.1) is 6.54 Å². The van der Waals surface area contributed by atoms with Gasteiger partial charge >= 0.3 is 0 Å². The van der Waals surface area contributed by atoms with Gasteiger partial charge in [0.15, 0.2) is 0 Å². The molecule has 0 atom stereocenters. The molecule has 0 heterocycles. The Morgan fingerprint density at radius 1 is 1.33 bits per heavy atom. The van der Waals surface area contributed by atoms with Crippen LogP contribution in [0.5, 0.6) is 0 Å². The Kier molecular flexibility index (Phi) is 5.33. The molecule has 0 aromatic carbocycles. The number of hydrogen-bond donors (Lipinski definition) is 2. The molecule has 0 unspecified atom stereocenters. The Morgan fingerprint density at radius 2 is 1.83 bits per heavy atom. The third-order valence-corrected chi connectivity index (χ3v) is 2.38. The predicted molar refractivity (Wildman–Crippen MR) is 46.4 cm³/mol. The molecule has 2 nitrogen and oxygen atoms in total. The zero-order valence-electron chi connectivity index (χ0n) is 7.74. The third kappa shape index (κ3) is 3.45. The number of halogens is 2. The molecule has 3 N–H and O–H groups in total. The molecule has 0 aromatic heterocycles. The Morgan fingerprint density at radius 3 is 2.08 bits per heavy atom. The zero-order valence-corrected chi connectivity index (χ0v) is 7.74. The molecule has 0 aliphatic carbocycles. The van der Waals surface area contributed by atoms with Crippen molar-refractivity contribution in [1.29, 1.82) is 0 Å². The third-order valence-electron chi connectivity index (χ3n) is 2.38. The van der Waals surface area contributed by atoms with Gasteiger partial charge in [0.2, 0.25) is 0 Å². The first kappa shape index (κ1) is 11.8. The van der Waals surface area contributed by atoms with E-state index in [2.05, 4.69) is 5.32 Å². The molecule has 0 saturated heterocycles. The molecule has 0 bridgehead atoms. The van der Waals surface area contributed by atoms with E-state index in [1.54, 1.807) is 0 Å². The maximum atomic E-state index is 11.9. The number of nitrogens with one attached hydrogen (secondary N) is 1. The van der Waals surface area contributed by atoms with Gasteiger partial charge in [-0.1, -0.05) is 13.8 Å². The Balaban J connectivity index is 3.93. The standard InChI is InChI=1S/C8H18F2N2/c1-3-8(4-2,6-11)12-5-7(9)10/h7,12H,3-6,11H2,1-2H3. The normalized spacial score (nSPS) is 12.5. The summed E-state index contributed by atoms with van der Waals surface area (Å²) in [5.41, 5.74) is 5.21. The minimum atomic E-state index is -2.30. The highest BCUT2D eigenvalue weighted by Gasteiger charge is 2.24. The summed E-state index contributed by atoms with van der Waals surface area (Å²) in [6, 6.07) is 0. The van der Waals surface area contributed by atoms with E-state index in [1.807, 2.05) is 13.8 Å². The van der Waals surface area contributed by atoms with Gasteiger partial charge in [-0.3, -0.25) is 0 Å². The molecule has 0 aliphatic rings. The molecule has 0 amide bonds. The summed E-state index contributed by atoms with van der Waals surface area (Å²) < 4.78 is 23.7. The highest BCUT2D eigenvalue weighted by atomic mass is 19.3. The average Bonchev–Trinajstić information content (AvgIpc) is 2.08. The summed E-state index contributed by atoms with van der Waals surface area (Å²) in [7, 11) is 0. The number of rotatable bonds is 6. The van der Waals surface area contributed by atoms with Gasteiger partial charge < -0.3 is 11.1 Å².